The fraction of sp³-hybridized carbons (Fsp3) is 0.588. The van der Waals surface area contributed by atoms with E-state index in [2.05, 4.69) is 32.2 Å². The van der Waals surface area contributed by atoms with Crippen molar-refractivity contribution in [2.24, 2.45) is 17.8 Å². The molecule has 1 aromatic rings. The van der Waals surface area contributed by atoms with Crippen molar-refractivity contribution in [3.05, 3.63) is 28.8 Å². The van der Waals surface area contributed by atoms with Gasteiger partial charge in [0.2, 0.25) is 0 Å². The molecule has 0 aliphatic heterocycles. The summed E-state index contributed by atoms with van der Waals surface area (Å²) >= 11 is 6.26. The quantitative estimate of drug-likeness (QED) is 0.842. The normalized spacial score (nSPS) is 26.3. The van der Waals surface area contributed by atoms with E-state index < -0.39 is 0 Å². The molecule has 3 unspecified atom stereocenters. The van der Waals surface area contributed by atoms with Crippen LogP contribution in [-0.2, 0) is 0 Å². The Kier molecular flexibility index (Phi) is 4.94. The van der Waals surface area contributed by atoms with Gasteiger partial charge in [0.05, 0.1) is 22.3 Å². The van der Waals surface area contributed by atoms with Gasteiger partial charge in [-0.05, 0) is 48.8 Å². The second-order valence-corrected chi connectivity index (χ2v) is 6.79. The number of anilines is 1. The highest BCUT2D eigenvalue weighted by Crippen LogP contribution is 2.36. The van der Waals surface area contributed by atoms with Crippen LogP contribution in [-0.4, -0.2) is 6.04 Å². The summed E-state index contributed by atoms with van der Waals surface area (Å²) in [6, 6.07) is 8.05. The molecule has 0 bridgehead atoms. The van der Waals surface area contributed by atoms with Crippen molar-refractivity contribution in [2.75, 3.05) is 5.32 Å². The monoisotopic (exact) mass is 290 g/mol. The van der Waals surface area contributed by atoms with E-state index in [1.807, 2.05) is 6.07 Å². The first-order chi connectivity index (χ1) is 9.51. The smallest absolute Gasteiger partial charge is 0.0992 e. The van der Waals surface area contributed by atoms with E-state index in [9.17, 15) is 0 Å². The zero-order chi connectivity index (χ0) is 14.7. The molecule has 0 spiro atoms. The average Bonchev–Trinajstić information content (AvgIpc) is 2.41. The SMILES string of the molecule is CC1CCC(C(C)C)C(Nc2cc(C#N)ccc2Cl)C1. The minimum absolute atomic E-state index is 0.449. The first-order valence-electron chi connectivity index (χ1n) is 7.47. The molecule has 0 heterocycles. The number of hydrogen-bond acceptors (Lipinski definition) is 2. The number of nitriles is 1. The Bertz CT molecular complexity index is 504. The summed E-state index contributed by atoms with van der Waals surface area (Å²) in [4.78, 5) is 0. The van der Waals surface area contributed by atoms with Gasteiger partial charge in [0.1, 0.15) is 0 Å². The lowest BCUT2D eigenvalue weighted by Gasteiger charge is -2.38. The highest BCUT2D eigenvalue weighted by Gasteiger charge is 2.30. The van der Waals surface area contributed by atoms with Gasteiger partial charge in [0.15, 0.2) is 0 Å². The summed E-state index contributed by atoms with van der Waals surface area (Å²) < 4.78 is 0. The van der Waals surface area contributed by atoms with Crippen molar-refractivity contribution in [3.63, 3.8) is 0 Å². The largest absolute Gasteiger partial charge is 0.381 e. The van der Waals surface area contributed by atoms with Gasteiger partial charge in [-0.3, -0.25) is 0 Å². The molecule has 1 aliphatic rings. The lowest BCUT2D eigenvalue weighted by molar-refractivity contribution is 0.212. The van der Waals surface area contributed by atoms with Crippen LogP contribution in [0.2, 0.25) is 5.02 Å². The summed E-state index contributed by atoms with van der Waals surface area (Å²) in [5.41, 5.74) is 1.55. The minimum atomic E-state index is 0.449. The average molecular weight is 291 g/mol. The molecule has 3 atom stereocenters. The molecule has 3 heteroatoms. The maximum atomic E-state index is 9.02. The lowest BCUT2D eigenvalue weighted by atomic mass is 9.74. The van der Waals surface area contributed by atoms with E-state index in [4.69, 9.17) is 16.9 Å². The standard InChI is InChI=1S/C17H23ClN2/c1-11(2)14-6-4-12(3)8-16(14)20-17-9-13(10-19)5-7-15(17)18/h5,7,9,11-12,14,16,20H,4,6,8H2,1-3H3. The van der Waals surface area contributed by atoms with E-state index in [0.29, 0.717) is 28.5 Å². The predicted molar refractivity (Wildman–Crippen MR) is 84.9 cm³/mol. The van der Waals surface area contributed by atoms with Gasteiger partial charge in [-0.2, -0.15) is 5.26 Å². The van der Waals surface area contributed by atoms with E-state index >= 15 is 0 Å². The molecule has 1 saturated carbocycles. The van der Waals surface area contributed by atoms with Crippen LogP contribution in [0.4, 0.5) is 5.69 Å². The summed E-state index contributed by atoms with van der Waals surface area (Å²) in [5.74, 6) is 2.09. The molecule has 108 valence electrons. The Morgan fingerprint density at radius 3 is 2.75 bits per heavy atom. The third-order valence-corrected chi connectivity index (χ3v) is 4.79. The Labute approximate surface area is 127 Å². The molecule has 1 aromatic carbocycles. The minimum Gasteiger partial charge on any atom is -0.381 e. The Hall–Kier alpha value is -1.20. The molecular formula is C17H23ClN2. The van der Waals surface area contributed by atoms with Crippen LogP contribution in [0, 0.1) is 29.1 Å². The second kappa shape index (κ2) is 6.50. The van der Waals surface area contributed by atoms with Gasteiger partial charge in [-0.25, -0.2) is 0 Å². The molecule has 0 saturated heterocycles. The van der Waals surface area contributed by atoms with E-state index in [1.165, 1.54) is 19.3 Å². The van der Waals surface area contributed by atoms with Gasteiger partial charge in [0.25, 0.3) is 0 Å². The zero-order valence-electron chi connectivity index (χ0n) is 12.5. The molecule has 1 N–H and O–H groups in total. The maximum Gasteiger partial charge on any atom is 0.0992 e. The highest BCUT2D eigenvalue weighted by atomic mass is 35.5. The Morgan fingerprint density at radius 1 is 1.35 bits per heavy atom. The first-order valence-corrected chi connectivity index (χ1v) is 7.85. The topological polar surface area (TPSA) is 35.8 Å². The van der Waals surface area contributed by atoms with Crippen LogP contribution in [0.1, 0.15) is 45.6 Å². The zero-order valence-corrected chi connectivity index (χ0v) is 13.2. The molecule has 0 radical (unpaired) electrons. The lowest BCUT2D eigenvalue weighted by Crippen LogP contribution is -2.37. The van der Waals surface area contributed by atoms with Gasteiger partial charge in [-0.15, -0.1) is 0 Å². The van der Waals surface area contributed by atoms with Crippen LogP contribution in [0.3, 0.4) is 0 Å². The Morgan fingerprint density at radius 2 is 2.10 bits per heavy atom. The van der Waals surface area contributed by atoms with Gasteiger partial charge in [-0.1, -0.05) is 38.8 Å². The van der Waals surface area contributed by atoms with Crippen LogP contribution < -0.4 is 5.32 Å². The molecule has 0 aromatic heterocycles. The van der Waals surface area contributed by atoms with Gasteiger partial charge in [0, 0.05) is 6.04 Å². The van der Waals surface area contributed by atoms with Crippen molar-refractivity contribution in [2.45, 2.75) is 46.1 Å². The fourth-order valence-electron chi connectivity index (χ4n) is 3.27. The van der Waals surface area contributed by atoms with Crippen LogP contribution in [0.5, 0.6) is 0 Å². The molecule has 1 aliphatic carbocycles. The summed E-state index contributed by atoms with van der Waals surface area (Å²) in [7, 11) is 0. The number of hydrogen-bond donors (Lipinski definition) is 1. The third kappa shape index (κ3) is 3.46. The summed E-state index contributed by atoms with van der Waals surface area (Å²) in [5, 5.41) is 13.3. The molecule has 1 fully saturated rings. The first kappa shape index (κ1) is 15.2. The van der Waals surface area contributed by atoms with E-state index in [1.54, 1.807) is 12.1 Å². The van der Waals surface area contributed by atoms with Crippen molar-refractivity contribution >= 4 is 17.3 Å². The summed E-state index contributed by atoms with van der Waals surface area (Å²) in [6.45, 7) is 6.91. The van der Waals surface area contributed by atoms with Crippen molar-refractivity contribution in [1.82, 2.24) is 0 Å². The fourth-order valence-corrected chi connectivity index (χ4v) is 3.45. The van der Waals surface area contributed by atoms with Crippen molar-refractivity contribution in [1.29, 1.82) is 5.26 Å². The van der Waals surface area contributed by atoms with Crippen LogP contribution in [0.25, 0.3) is 0 Å². The van der Waals surface area contributed by atoms with E-state index in [-0.39, 0.29) is 0 Å². The maximum absolute atomic E-state index is 9.02. The van der Waals surface area contributed by atoms with Gasteiger partial charge < -0.3 is 5.32 Å². The predicted octanol–water partition coefficient (Wildman–Crippen LogP) is 5.08. The number of nitrogens with zero attached hydrogens (tertiary/aromatic N) is 1. The van der Waals surface area contributed by atoms with E-state index in [0.717, 1.165) is 11.6 Å². The number of halogens is 1. The van der Waals surface area contributed by atoms with Crippen molar-refractivity contribution in [3.8, 4) is 6.07 Å². The number of rotatable bonds is 3. The van der Waals surface area contributed by atoms with Crippen molar-refractivity contribution < 1.29 is 0 Å². The molecule has 2 rings (SSSR count). The number of nitrogens with one attached hydrogen (secondary N) is 1. The second-order valence-electron chi connectivity index (χ2n) is 6.38. The molecule has 2 nitrogen and oxygen atoms in total. The molecule has 20 heavy (non-hydrogen) atoms. The van der Waals surface area contributed by atoms with Crippen LogP contribution in [0.15, 0.2) is 18.2 Å². The van der Waals surface area contributed by atoms with Crippen LogP contribution >= 0.6 is 11.6 Å². The molecule has 0 amide bonds. The molecular weight excluding hydrogens is 268 g/mol. The summed E-state index contributed by atoms with van der Waals surface area (Å²) in [6.07, 6.45) is 3.76. The highest BCUT2D eigenvalue weighted by molar-refractivity contribution is 6.33. The third-order valence-electron chi connectivity index (χ3n) is 4.46. The number of benzene rings is 1. The van der Waals surface area contributed by atoms with Gasteiger partial charge >= 0.3 is 0 Å². The Balaban J connectivity index is 2.20.